The van der Waals surface area contributed by atoms with Crippen LogP contribution in [0.25, 0.3) is 0 Å². The van der Waals surface area contributed by atoms with Gasteiger partial charge in [-0.15, -0.1) is 11.3 Å². The summed E-state index contributed by atoms with van der Waals surface area (Å²) in [5, 5.41) is 2.12. The van der Waals surface area contributed by atoms with E-state index in [1.807, 2.05) is 7.11 Å². The lowest BCUT2D eigenvalue weighted by Gasteiger charge is -2.42. The van der Waals surface area contributed by atoms with Crippen LogP contribution >= 0.6 is 11.3 Å². The highest BCUT2D eigenvalue weighted by Gasteiger charge is 2.41. The Balaban J connectivity index is 2.21. The van der Waals surface area contributed by atoms with Gasteiger partial charge in [-0.1, -0.05) is 6.92 Å². The summed E-state index contributed by atoms with van der Waals surface area (Å²) in [4.78, 5) is 1.33. The lowest BCUT2D eigenvalue weighted by atomic mass is 9.74. The number of hydrogen-bond donors (Lipinski definition) is 1. The molecule has 96 valence electrons. The van der Waals surface area contributed by atoms with E-state index in [4.69, 9.17) is 10.5 Å². The maximum Gasteiger partial charge on any atom is 0.0871 e. The summed E-state index contributed by atoms with van der Waals surface area (Å²) >= 11 is 1.77. The van der Waals surface area contributed by atoms with E-state index in [-0.39, 0.29) is 11.6 Å². The number of aryl methyl sites for hydroxylation is 1. The van der Waals surface area contributed by atoms with Crippen molar-refractivity contribution in [3.8, 4) is 0 Å². The van der Waals surface area contributed by atoms with Gasteiger partial charge in [0.2, 0.25) is 0 Å². The molecule has 1 aliphatic rings. The molecule has 2 nitrogen and oxygen atoms in total. The van der Waals surface area contributed by atoms with Crippen molar-refractivity contribution in [3.05, 3.63) is 21.9 Å². The van der Waals surface area contributed by atoms with Crippen LogP contribution in [0.2, 0.25) is 0 Å². The average Bonchev–Trinajstić information content (AvgIpc) is 2.76. The zero-order valence-corrected chi connectivity index (χ0v) is 11.8. The Morgan fingerprint density at radius 3 is 2.59 bits per heavy atom. The number of thiophene rings is 1. The van der Waals surface area contributed by atoms with Crippen molar-refractivity contribution in [1.82, 2.24) is 0 Å². The molecule has 1 heterocycles. The molecule has 17 heavy (non-hydrogen) atoms. The van der Waals surface area contributed by atoms with Crippen molar-refractivity contribution in [2.75, 3.05) is 7.11 Å². The molecule has 3 heteroatoms. The zero-order valence-electron chi connectivity index (χ0n) is 11.0. The minimum atomic E-state index is -0.141. The first kappa shape index (κ1) is 13.1. The van der Waals surface area contributed by atoms with E-state index in [2.05, 4.69) is 25.3 Å². The fourth-order valence-corrected chi connectivity index (χ4v) is 3.64. The van der Waals surface area contributed by atoms with Gasteiger partial charge in [0.1, 0.15) is 0 Å². The normalized spacial score (nSPS) is 31.4. The number of hydrogen-bond acceptors (Lipinski definition) is 3. The van der Waals surface area contributed by atoms with Crippen LogP contribution in [0.1, 0.15) is 49.1 Å². The summed E-state index contributed by atoms with van der Waals surface area (Å²) in [7, 11) is 1.82. The topological polar surface area (TPSA) is 35.2 Å². The van der Waals surface area contributed by atoms with Crippen molar-refractivity contribution in [2.24, 2.45) is 11.7 Å². The second kappa shape index (κ2) is 5.09. The summed E-state index contributed by atoms with van der Waals surface area (Å²) in [5.74, 6) is 0.814. The van der Waals surface area contributed by atoms with Crippen molar-refractivity contribution >= 4 is 11.3 Å². The molecule has 1 aromatic heterocycles. The van der Waals surface area contributed by atoms with Crippen LogP contribution in [0.3, 0.4) is 0 Å². The van der Waals surface area contributed by atoms with E-state index in [0.717, 1.165) is 18.8 Å². The third-order valence-corrected chi connectivity index (χ3v) is 5.19. The van der Waals surface area contributed by atoms with Gasteiger partial charge < -0.3 is 10.5 Å². The first-order valence-electron chi connectivity index (χ1n) is 6.44. The molecule has 0 saturated heterocycles. The van der Waals surface area contributed by atoms with E-state index in [9.17, 15) is 0 Å². The third-order valence-electron chi connectivity index (χ3n) is 4.33. The quantitative estimate of drug-likeness (QED) is 0.892. The molecule has 0 aliphatic heterocycles. The molecule has 0 amide bonds. The highest BCUT2D eigenvalue weighted by Crippen LogP contribution is 2.42. The van der Waals surface area contributed by atoms with Gasteiger partial charge in [0.05, 0.1) is 11.6 Å². The Labute approximate surface area is 108 Å². The highest BCUT2D eigenvalue weighted by molar-refractivity contribution is 7.10. The SMILES string of the molecule is COC1(C(N)c2ccsc2C)CCC(C)CC1. The first-order valence-corrected chi connectivity index (χ1v) is 7.32. The predicted molar refractivity (Wildman–Crippen MR) is 73.4 cm³/mol. The smallest absolute Gasteiger partial charge is 0.0871 e. The van der Waals surface area contributed by atoms with Crippen LogP contribution in [-0.2, 0) is 4.74 Å². The lowest BCUT2D eigenvalue weighted by molar-refractivity contribution is -0.0672. The van der Waals surface area contributed by atoms with E-state index < -0.39 is 0 Å². The Kier molecular flexibility index (Phi) is 3.91. The molecule has 1 unspecified atom stereocenters. The van der Waals surface area contributed by atoms with Crippen molar-refractivity contribution < 1.29 is 4.74 Å². The standard InChI is InChI=1S/C14H23NOS/c1-10-4-7-14(16-3,8-5-10)13(15)12-6-9-17-11(12)2/h6,9-10,13H,4-5,7-8,15H2,1-3H3. The van der Waals surface area contributed by atoms with Crippen molar-refractivity contribution in [3.63, 3.8) is 0 Å². The van der Waals surface area contributed by atoms with Crippen LogP contribution in [0.5, 0.6) is 0 Å². The first-order chi connectivity index (χ1) is 8.09. The van der Waals surface area contributed by atoms with E-state index >= 15 is 0 Å². The van der Waals surface area contributed by atoms with E-state index in [0.29, 0.717) is 0 Å². The third kappa shape index (κ3) is 2.42. The number of nitrogens with two attached hydrogens (primary N) is 1. The fourth-order valence-electron chi connectivity index (χ4n) is 2.89. The molecule has 0 aromatic carbocycles. The summed E-state index contributed by atoms with van der Waals surface area (Å²) in [6.07, 6.45) is 4.62. The molecule has 2 rings (SSSR count). The molecule has 2 N–H and O–H groups in total. The summed E-state index contributed by atoms with van der Waals surface area (Å²) in [5.41, 5.74) is 7.62. The fraction of sp³-hybridized carbons (Fsp3) is 0.714. The summed E-state index contributed by atoms with van der Waals surface area (Å²) in [6.45, 7) is 4.47. The maximum atomic E-state index is 6.49. The maximum absolute atomic E-state index is 6.49. The molecular weight excluding hydrogens is 230 g/mol. The molecule has 1 aliphatic carbocycles. The minimum Gasteiger partial charge on any atom is -0.376 e. The highest BCUT2D eigenvalue weighted by atomic mass is 32.1. The van der Waals surface area contributed by atoms with Crippen LogP contribution in [0, 0.1) is 12.8 Å². The monoisotopic (exact) mass is 253 g/mol. The Morgan fingerprint density at radius 2 is 2.12 bits per heavy atom. The second-order valence-corrected chi connectivity index (χ2v) is 6.48. The second-order valence-electron chi connectivity index (χ2n) is 5.36. The number of methoxy groups -OCH3 is 1. The summed E-state index contributed by atoms with van der Waals surface area (Å²) < 4.78 is 5.85. The molecule has 1 fully saturated rings. The van der Waals surface area contributed by atoms with Crippen molar-refractivity contribution in [2.45, 2.75) is 51.2 Å². The lowest BCUT2D eigenvalue weighted by Crippen LogP contribution is -2.45. The van der Waals surface area contributed by atoms with Gasteiger partial charge in [0, 0.05) is 12.0 Å². The van der Waals surface area contributed by atoms with E-state index in [1.54, 1.807) is 11.3 Å². The largest absolute Gasteiger partial charge is 0.376 e. The van der Waals surface area contributed by atoms with Gasteiger partial charge in [0.15, 0.2) is 0 Å². The van der Waals surface area contributed by atoms with Gasteiger partial charge in [-0.3, -0.25) is 0 Å². The Hall–Kier alpha value is -0.380. The van der Waals surface area contributed by atoms with Crippen LogP contribution in [0.4, 0.5) is 0 Å². The molecule has 1 atom stereocenters. The zero-order chi connectivity index (χ0) is 12.5. The molecular formula is C14H23NOS. The Morgan fingerprint density at radius 1 is 1.47 bits per heavy atom. The van der Waals surface area contributed by atoms with Gasteiger partial charge in [-0.2, -0.15) is 0 Å². The van der Waals surface area contributed by atoms with Gasteiger partial charge >= 0.3 is 0 Å². The predicted octanol–water partition coefficient (Wildman–Crippen LogP) is 3.65. The van der Waals surface area contributed by atoms with Gasteiger partial charge in [0.25, 0.3) is 0 Å². The molecule has 0 radical (unpaired) electrons. The molecule has 1 aromatic rings. The van der Waals surface area contributed by atoms with Crippen LogP contribution in [-0.4, -0.2) is 12.7 Å². The van der Waals surface area contributed by atoms with E-state index in [1.165, 1.54) is 23.3 Å². The number of ether oxygens (including phenoxy) is 1. The Bertz CT molecular complexity index is 366. The minimum absolute atomic E-state index is 0.0197. The molecule has 0 spiro atoms. The number of rotatable bonds is 3. The van der Waals surface area contributed by atoms with Crippen molar-refractivity contribution in [1.29, 1.82) is 0 Å². The van der Waals surface area contributed by atoms with Crippen LogP contribution in [0.15, 0.2) is 11.4 Å². The van der Waals surface area contributed by atoms with Gasteiger partial charge in [-0.05, 0) is 55.5 Å². The molecule has 1 saturated carbocycles. The average molecular weight is 253 g/mol. The molecule has 0 bridgehead atoms. The van der Waals surface area contributed by atoms with Crippen LogP contribution < -0.4 is 5.73 Å². The van der Waals surface area contributed by atoms with Gasteiger partial charge in [-0.25, -0.2) is 0 Å². The summed E-state index contributed by atoms with van der Waals surface area (Å²) in [6, 6.07) is 2.18.